The minimum Gasteiger partial charge on any atom is -0.497 e. The van der Waals surface area contributed by atoms with Crippen LogP contribution in [0.4, 0.5) is 5.69 Å². The molecule has 0 aliphatic heterocycles. The molecule has 0 N–H and O–H groups in total. The summed E-state index contributed by atoms with van der Waals surface area (Å²) in [6.07, 6.45) is 0. The van der Waals surface area contributed by atoms with Crippen molar-refractivity contribution in [1.29, 1.82) is 0 Å². The molecule has 0 aliphatic carbocycles. The van der Waals surface area contributed by atoms with Crippen molar-refractivity contribution in [3.8, 4) is 5.75 Å². The molecule has 0 saturated heterocycles. The van der Waals surface area contributed by atoms with E-state index in [1.165, 1.54) is 27.1 Å². The summed E-state index contributed by atoms with van der Waals surface area (Å²) in [5, 5.41) is 5.97. The third-order valence-corrected chi connectivity index (χ3v) is 11.1. The second-order valence-electron chi connectivity index (χ2n) is 8.90. The standard InChI is InChI=1S/C34H30NOPS/c1-27-18-20-29(21-19-27)35-37(31-14-8-4-9-15-31,32-16-10-5-11-17-32)34(28-12-6-3-7-13-28)26-38-33-24-22-30(36-2)23-25-33/h3-26H,1-2H3/b34-26+. The molecular weight excluding hydrogens is 501 g/mol. The van der Waals surface area contributed by atoms with Crippen molar-refractivity contribution in [2.75, 3.05) is 7.11 Å². The lowest BCUT2D eigenvalue weighted by Gasteiger charge is -2.29. The van der Waals surface area contributed by atoms with Gasteiger partial charge in [0.1, 0.15) is 5.75 Å². The molecule has 5 aromatic carbocycles. The van der Waals surface area contributed by atoms with Crippen LogP contribution in [0.15, 0.2) is 155 Å². The monoisotopic (exact) mass is 531 g/mol. The topological polar surface area (TPSA) is 21.6 Å². The fourth-order valence-corrected chi connectivity index (χ4v) is 9.24. The summed E-state index contributed by atoms with van der Waals surface area (Å²) < 4.78 is 11.1. The molecule has 0 aromatic heterocycles. The van der Waals surface area contributed by atoms with Crippen LogP contribution in [0.3, 0.4) is 0 Å². The SMILES string of the molecule is COc1ccc(S/C=C(\c2ccccc2)P(=Nc2ccc(C)cc2)(c2ccccc2)c2ccccc2)cc1. The summed E-state index contributed by atoms with van der Waals surface area (Å²) in [7, 11) is -0.787. The molecule has 0 saturated carbocycles. The molecule has 0 spiro atoms. The maximum Gasteiger partial charge on any atom is 0.118 e. The van der Waals surface area contributed by atoms with Gasteiger partial charge in [-0.25, -0.2) is 0 Å². The summed E-state index contributed by atoms with van der Waals surface area (Å²) >= 11 is 1.72. The van der Waals surface area contributed by atoms with E-state index in [-0.39, 0.29) is 0 Å². The Kier molecular flexibility index (Phi) is 8.28. The van der Waals surface area contributed by atoms with E-state index in [4.69, 9.17) is 9.48 Å². The molecular formula is C34H30NOPS. The number of benzene rings is 5. The number of nitrogens with zero attached hydrogens (tertiary/aromatic N) is 1. The van der Waals surface area contributed by atoms with Gasteiger partial charge in [-0.1, -0.05) is 120 Å². The van der Waals surface area contributed by atoms with Crippen molar-refractivity contribution in [1.82, 2.24) is 0 Å². The highest BCUT2D eigenvalue weighted by molar-refractivity contribution is 8.03. The van der Waals surface area contributed by atoms with Crippen molar-refractivity contribution in [3.63, 3.8) is 0 Å². The predicted octanol–water partition coefficient (Wildman–Crippen LogP) is 9.28. The normalized spacial score (nSPS) is 11.7. The lowest BCUT2D eigenvalue weighted by Crippen LogP contribution is -2.17. The van der Waals surface area contributed by atoms with Crippen molar-refractivity contribution < 1.29 is 4.74 Å². The minimum atomic E-state index is -2.48. The van der Waals surface area contributed by atoms with Crippen molar-refractivity contribution in [2.24, 2.45) is 4.74 Å². The Balaban J connectivity index is 1.83. The first-order chi connectivity index (χ1) is 18.7. The molecule has 0 amide bonds. The van der Waals surface area contributed by atoms with Crippen LogP contribution >= 0.6 is 18.8 Å². The van der Waals surface area contributed by atoms with Crippen LogP contribution in [0.1, 0.15) is 11.1 Å². The highest BCUT2D eigenvalue weighted by atomic mass is 32.2. The molecule has 188 valence electrons. The van der Waals surface area contributed by atoms with Gasteiger partial charge >= 0.3 is 0 Å². The van der Waals surface area contributed by atoms with E-state index in [1.54, 1.807) is 18.9 Å². The fraction of sp³-hybridized carbons (Fsp3) is 0.0588. The maximum absolute atomic E-state index is 5.70. The van der Waals surface area contributed by atoms with Gasteiger partial charge in [-0.15, -0.1) is 0 Å². The van der Waals surface area contributed by atoms with Gasteiger partial charge in [0.2, 0.25) is 0 Å². The van der Waals surface area contributed by atoms with Gasteiger partial charge in [0, 0.05) is 20.8 Å². The van der Waals surface area contributed by atoms with E-state index in [2.05, 4.69) is 140 Å². The van der Waals surface area contributed by atoms with Crippen LogP contribution in [-0.4, -0.2) is 7.11 Å². The van der Waals surface area contributed by atoms with Gasteiger partial charge in [-0.3, -0.25) is 4.74 Å². The van der Waals surface area contributed by atoms with Crippen LogP contribution in [0.25, 0.3) is 5.31 Å². The summed E-state index contributed by atoms with van der Waals surface area (Å²) in [5.41, 5.74) is 3.37. The molecule has 0 bridgehead atoms. The first kappa shape index (κ1) is 25.9. The first-order valence-electron chi connectivity index (χ1n) is 12.6. The molecule has 0 atom stereocenters. The lowest BCUT2D eigenvalue weighted by atomic mass is 10.2. The summed E-state index contributed by atoms with van der Waals surface area (Å²) in [5.74, 6) is 0.853. The van der Waals surface area contributed by atoms with Crippen LogP contribution < -0.4 is 15.3 Å². The van der Waals surface area contributed by atoms with Crippen molar-refractivity contribution in [2.45, 2.75) is 11.8 Å². The Morgan fingerprint density at radius 1 is 0.658 bits per heavy atom. The molecule has 4 heteroatoms. The second kappa shape index (κ2) is 12.2. The minimum absolute atomic E-state index is 0.853. The van der Waals surface area contributed by atoms with E-state index >= 15 is 0 Å². The Labute approximate surface area is 230 Å². The number of ether oxygens (including phenoxy) is 1. The average Bonchev–Trinajstić information content (AvgIpc) is 2.99. The molecule has 5 aromatic rings. The molecule has 0 fully saturated rings. The molecule has 0 radical (unpaired) electrons. The van der Waals surface area contributed by atoms with E-state index < -0.39 is 7.05 Å². The number of hydrogen-bond acceptors (Lipinski definition) is 3. The first-order valence-corrected chi connectivity index (χ1v) is 15.2. The summed E-state index contributed by atoms with van der Waals surface area (Å²) in [6.45, 7) is 2.11. The van der Waals surface area contributed by atoms with E-state index in [9.17, 15) is 0 Å². The van der Waals surface area contributed by atoms with Gasteiger partial charge in [-0.05, 0) is 54.3 Å². The largest absolute Gasteiger partial charge is 0.497 e. The zero-order valence-corrected chi connectivity index (χ0v) is 23.3. The Morgan fingerprint density at radius 3 is 1.71 bits per heavy atom. The second-order valence-corrected chi connectivity index (χ2v) is 12.8. The lowest BCUT2D eigenvalue weighted by molar-refractivity contribution is 0.414. The molecule has 0 aliphatic rings. The molecule has 0 heterocycles. The Morgan fingerprint density at radius 2 is 1.18 bits per heavy atom. The highest BCUT2D eigenvalue weighted by Gasteiger charge is 2.31. The summed E-state index contributed by atoms with van der Waals surface area (Å²) in [6, 6.07) is 49.0. The number of thioether (sulfide) groups is 1. The third kappa shape index (κ3) is 5.70. The average molecular weight is 532 g/mol. The number of hydrogen-bond donors (Lipinski definition) is 0. The van der Waals surface area contributed by atoms with Crippen LogP contribution in [0, 0.1) is 6.92 Å². The van der Waals surface area contributed by atoms with Gasteiger partial charge in [-0.2, -0.15) is 0 Å². The van der Waals surface area contributed by atoms with Gasteiger partial charge in [0.25, 0.3) is 0 Å². The van der Waals surface area contributed by atoms with Gasteiger partial charge in [0.15, 0.2) is 0 Å². The zero-order chi connectivity index (χ0) is 26.2. The number of methoxy groups -OCH3 is 1. The van der Waals surface area contributed by atoms with E-state index in [1.807, 2.05) is 12.1 Å². The smallest absolute Gasteiger partial charge is 0.118 e. The van der Waals surface area contributed by atoms with Gasteiger partial charge in [0.05, 0.1) is 19.9 Å². The quantitative estimate of drug-likeness (QED) is 0.147. The fourth-order valence-electron chi connectivity index (χ4n) is 4.39. The zero-order valence-electron chi connectivity index (χ0n) is 21.6. The molecule has 5 rings (SSSR count). The maximum atomic E-state index is 5.70. The van der Waals surface area contributed by atoms with Crippen LogP contribution in [0.5, 0.6) is 5.75 Å². The Bertz CT molecular complexity index is 1500. The molecule has 38 heavy (non-hydrogen) atoms. The van der Waals surface area contributed by atoms with Crippen LogP contribution in [0.2, 0.25) is 0 Å². The van der Waals surface area contributed by atoms with Gasteiger partial charge < -0.3 is 4.74 Å². The molecule has 2 nitrogen and oxygen atoms in total. The number of rotatable bonds is 8. The highest BCUT2D eigenvalue weighted by Crippen LogP contribution is 2.62. The Hall–Kier alpha value is -3.78. The summed E-state index contributed by atoms with van der Waals surface area (Å²) in [4.78, 5) is 1.15. The van der Waals surface area contributed by atoms with Crippen molar-refractivity contribution >= 4 is 40.4 Å². The van der Waals surface area contributed by atoms with E-state index in [0.29, 0.717) is 0 Å². The predicted molar refractivity (Wildman–Crippen MR) is 166 cm³/mol. The van der Waals surface area contributed by atoms with Crippen molar-refractivity contribution in [3.05, 3.63) is 156 Å². The van der Waals surface area contributed by atoms with E-state index in [0.717, 1.165) is 16.3 Å². The van der Waals surface area contributed by atoms with Crippen LogP contribution in [-0.2, 0) is 0 Å². The number of aryl methyl sites for hydroxylation is 1. The molecule has 0 unspecified atom stereocenters. The third-order valence-electron chi connectivity index (χ3n) is 6.34.